The van der Waals surface area contributed by atoms with Crippen molar-refractivity contribution in [2.24, 2.45) is 0 Å². The van der Waals surface area contributed by atoms with Crippen LogP contribution in [0.4, 0.5) is 5.95 Å². The third-order valence-electron chi connectivity index (χ3n) is 2.89. The monoisotopic (exact) mass is 336 g/mol. The van der Waals surface area contributed by atoms with E-state index in [0.717, 1.165) is 15.7 Å². The van der Waals surface area contributed by atoms with Crippen LogP contribution in [0.25, 0.3) is 16.9 Å². The van der Waals surface area contributed by atoms with Gasteiger partial charge >= 0.3 is 0 Å². The number of nitrogen functional groups attached to an aromatic ring is 1. The number of rotatable bonds is 1. The molecule has 2 aromatic heterocycles. The number of nitrogens with two attached hydrogens (primary N) is 1. The first-order chi connectivity index (χ1) is 9.06. The van der Waals surface area contributed by atoms with Crippen molar-refractivity contribution in [1.82, 2.24) is 14.5 Å². The maximum atomic E-state index is 5.98. The predicted octanol–water partition coefficient (Wildman–Crippen LogP) is 3.73. The van der Waals surface area contributed by atoms with E-state index in [-0.39, 0.29) is 0 Å². The molecular formula is C13H10BrClN4. The molecule has 0 bridgehead atoms. The van der Waals surface area contributed by atoms with Crippen LogP contribution in [0.5, 0.6) is 0 Å². The van der Waals surface area contributed by atoms with Gasteiger partial charge in [-0.2, -0.15) is 0 Å². The lowest BCUT2D eigenvalue weighted by Gasteiger charge is -2.07. The number of halogens is 2. The minimum absolute atomic E-state index is 0.395. The van der Waals surface area contributed by atoms with Gasteiger partial charge in [0.25, 0.3) is 0 Å². The van der Waals surface area contributed by atoms with E-state index in [1.54, 1.807) is 12.3 Å². The van der Waals surface area contributed by atoms with Crippen molar-refractivity contribution >= 4 is 44.6 Å². The van der Waals surface area contributed by atoms with Crippen molar-refractivity contribution < 1.29 is 0 Å². The first kappa shape index (κ1) is 12.4. The standard InChI is InChI=1S/C13H10BrClN4/c1-7-4-9(2-3-10(7)14)19-12-11(18-13(19)16)5-8(15)6-17-12/h2-6H,1H3,(H2,16,18). The summed E-state index contributed by atoms with van der Waals surface area (Å²) in [6, 6.07) is 7.72. The number of benzene rings is 1. The molecule has 96 valence electrons. The summed E-state index contributed by atoms with van der Waals surface area (Å²) >= 11 is 9.39. The topological polar surface area (TPSA) is 56.7 Å². The molecule has 0 aliphatic heterocycles. The van der Waals surface area contributed by atoms with Gasteiger partial charge in [-0.05, 0) is 36.8 Å². The Morgan fingerprint density at radius 2 is 2.11 bits per heavy atom. The van der Waals surface area contributed by atoms with Crippen LogP contribution in [0, 0.1) is 6.92 Å². The summed E-state index contributed by atoms with van der Waals surface area (Å²) in [5.74, 6) is 0.395. The summed E-state index contributed by atoms with van der Waals surface area (Å²) in [6.07, 6.45) is 1.59. The van der Waals surface area contributed by atoms with Crippen LogP contribution in [-0.4, -0.2) is 14.5 Å². The summed E-state index contributed by atoms with van der Waals surface area (Å²) in [5, 5.41) is 0.545. The highest BCUT2D eigenvalue weighted by Gasteiger charge is 2.12. The maximum Gasteiger partial charge on any atom is 0.207 e. The number of hydrogen-bond acceptors (Lipinski definition) is 3. The second-order valence-electron chi connectivity index (χ2n) is 4.24. The van der Waals surface area contributed by atoms with E-state index >= 15 is 0 Å². The van der Waals surface area contributed by atoms with Crippen LogP contribution in [0.15, 0.2) is 34.9 Å². The smallest absolute Gasteiger partial charge is 0.207 e. The van der Waals surface area contributed by atoms with E-state index in [0.29, 0.717) is 22.1 Å². The van der Waals surface area contributed by atoms with Gasteiger partial charge in [-0.1, -0.05) is 27.5 Å². The number of nitrogens with zero attached hydrogens (tertiary/aromatic N) is 3. The number of aromatic nitrogens is 3. The van der Waals surface area contributed by atoms with E-state index in [1.807, 2.05) is 29.7 Å². The molecular weight excluding hydrogens is 328 g/mol. The normalized spacial score (nSPS) is 11.1. The molecule has 3 rings (SSSR count). The lowest BCUT2D eigenvalue weighted by atomic mass is 10.2. The van der Waals surface area contributed by atoms with Crippen molar-refractivity contribution in [3.8, 4) is 5.69 Å². The Morgan fingerprint density at radius 1 is 1.32 bits per heavy atom. The highest BCUT2D eigenvalue weighted by molar-refractivity contribution is 9.10. The van der Waals surface area contributed by atoms with Crippen LogP contribution in [0.2, 0.25) is 5.02 Å². The van der Waals surface area contributed by atoms with Crippen LogP contribution < -0.4 is 5.73 Å². The summed E-state index contributed by atoms with van der Waals surface area (Å²) in [6.45, 7) is 2.02. The van der Waals surface area contributed by atoms with Gasteiger partial charge in [-0.25, -0.2) is 9.97 Å². The van der Waals surface area contributed by atoms with E-state index < -0.39 is 0 Å². The molecule has 0 radical (unpaired) electrons. The highest BCUT2D eigenvalue weighted by atomic mass is 79.9. The van der Waals surface area contributed by atoms with E-state index in [9.17, 15) is 0 Å². The molecule has 2 heterocycles. The van der Waals surface area contributed by atoms with Crippen molar-refractivity contribution in [3.05, 3.63) is 45.5 Å². The molecule has 2 N–H and O–H groups in total. The van der Waals surface area contributed by atoms with Gasteiger partial charge in [0.2, 0.25) is 5.95 Å². The van der Waals surface area contributed by atoms with Gasteiger partial charge < -0.3 is 5.73 Å². The minimum Gasteiger partial charge on any atom is -0.369 e. The fourth-order valence-electron chi connectivity index (χ4n) is 1.98. The molecule has 0 atom stereocenters. The summed E-state index contributed by atoms with van der Waals surface area (Å²) < 4.78 is 2.86. The highest BCUT2D eigenvalue weighted by Crippen LogP contribution is 2.26. The zero-order chi connectivity index (χ0) is 13.6. The van der Waals surface area contributed by atoms with Crippen molar-refractivity contribution in [1.29, 1.82) is 0 Å². The van der Waals surface area contributed by atoms with Gasteiger partial charge in [-0.3, -0.25) is 4.57 Å². The Hall–Kier alpha value is -1.59. The Bertz CT molecular complexity index is 782. The first-order valence-corrected chi connectivity index (χ1v) is 6.79. The van der Waals surface area contributed by atoms with Crippen LogP contribution >= 0.6 is 27.5 Å². The van der Waals surface area contributed by atoms with Crippen molar-refractivity contribution in [2.45, 2.75) is 6.92 Å². The Labute approximate surface area is 123 Å². The molecule has 0 saturated carbocycles. The number of aryl methyl sites for hydroxylation is 1. The van der Waals surface area contributed by atoms with Gasteiger partial charge in [0.05, 0.1) is 10.7 Å². The van der Waals surface area contributed by atoms with Gasteiger partial charge in [0, 0.05) is 10.7 Å². The number of fused-ring (bicyclic) bond motifs is 1. The fraction of sp³-hybridized carbons (Fsp3) is 0.0769. The summed E-state index contributed by atoms with van der Waals surface area (Å²) in [7, 11) is 0. The molecule has 0 amide bonds. The molecule has 0 saturated heterocycles. The largest absolute Gasteiger partial charge is 0.369 e. The van der Waals surface area contributed by atoms with Crippen molar-refractivity contribution in [3.63, 3.8) is 0 Å². The molecule has 1 aromatic carbocycles. The molecule has 19 heavy (non-hydrogen) atoms. The summed E-state index contributed by atoms with van der Waals surface area (Å²) in [4.78, 5) is 8.59. The summed E-state index contributed by atoms with van der Waals surface area (Å²) in [5.41, 5.74) is 9.41. The van der Waals surface area contributed by atoms with Crippen LogP contribution in [0.1, 0.15) is 5.56 Å². The third kappa shape index (κ3) is 2.09. The van der Waals surface area contributed by atoms with E-state index in [2.05, 4.69) is 25.9 Å². The molecule has 0 unspecified atom stereocenters. The minimum atomic E-state index is 0.395. The quantitative estimate of drug-likeness (QED) is 0.736. The Kier molecular flexibility index (Phi) is 2.95. The molecule has 0 aliphatic rings. The molecule has 0 fully saturated rings. The zero-order valence-corrected chi connectivity index (χ0v) is 12.4. The third-order valence-corrected chi connectivity index (χ3v) is 3.99. The predicted molar refractivity (Wildman–Crippen MR) is 80.7 cm³/mol. The van der Waals surface area contributed by atoms with Gasteiger partial charge in [0.15, 0.2) is 5.65 Å². The molecule has 0 aliphatic carbocycles. The molecule has 6 heteroatoms. The lowest BCUT2D eigenvalue weighted by Crippen LogP contribution is -2.01. The number of imidazole rings is 1. The maximum absolute atomic E-state index is 5.98. The second kappa shape index (κ2) is 4.51. The number of pyridine rings is 1. The lowest BCUT2D eigenvalue weighted by molar-refractivity contribution is 1.08. The van der Waals surface area contributed by atoms with E-state index in [4.69, 9.17) is 17.3 Å². The first-order valence-electron chi connectivity index (χ1n) is 5.62. The molecule has 4 nitrogen and oxygen atoms in total. The van der Waals surface area contributed by atoms with Gasteiger partial charge in [-0.15, -0.1) is 0 Å². The Morgan fingerprint density at radius 3 is 2.84 bits per heavy atom. The average Bonchev–Trinajstić information content (AvgIpc) is 2.68. The molecule has 3 aromatic rings. The van der Waals surface area contributed by atoms with Gasteiger partial charge in [0.1, 0.15) is 5.52 Å². The van der Waals surface area contributed by atoms with Crippen LogP contribution in [0.3, 0.4) is 0 Å². The van der Waals surface area contributed by atoms with Crippen LogP contribution in [-0.2, 0) is 0 Å². The fourth-order valence-corrected chi connectivity index (χ4v) is 2.38. The average molecular weight is 338 g/mol. The van der Waals surface area contributed by atoms with Crippen molar-refractivity contribution in [2.75, 3.05) is 5.73 Å². The Balaban J connectivity index is 2.29. The second-order valence-corrected chi connectivity index (χ2v) is 5.53. The molecule has 0 spiro atoms. The zero-order valence-electron chi connectivity index (χ0n) is 10.1. The number of anilines is 1. The SMILES string of the molecule is Cc1cc(-n2c(N)nc3cc(Cl)cnc32)ccc1Br. The van der Waals surface area contributed by atoms with E-state index in [1.165, 1.54) is 0 Å². The number of hydrogen-bond donors (Lipinski definition) is 1.